The van der Waals surface area contributed by atoms with Gasteiger partial charge in [0.2, 0.25) is 0 Å². The van der Waals surface area contributed by atoms with Crippen molar-refractivity contribution in [1.29, 1.82) is 0 Å². The van der Waals surface area contributed by atoms with Crippen LogP contribution in [0.5, 0.6) is 0 Å². The molecule has 2 nitrogen and oxygen atoms in total. The zero-order valence-corrected chi connectivity index (χ0v) is 25.2. The molecule has 0 atom stereocenters. The second kappa shape index (κ2) is 10.8. The fourth-order valence-corrected chi connectivity index (χ4v) is 7.18. The fourth-order valence-electron chi connectivity index (χ4n) is 7.18. The van der Waals surface area contributed by atoms with Crippen LogP contribution < -0.4 is 4.90 Å². The molecular weight excluding hydrogens is 556 g/mol. The lowest BCUT2D eigenvalue weighted by Crippen LogP contribution is -2.12. The summed E-state index contributed by atoms with van der Waals surface area (Å²) in [5.41, 5.74) is 9.34. The summed E-state index contributed by atoms with van der Waals surface area (Å²) in [6.07, 6.45) is 0. The molecule has 0 amide bonds. The molecule has 0 spiro atoms. The van der Waals surface area contributed by atoms with Crippen LogP contribution in [-0.4, -0.2) is 4.57 Å². The standard InChI is InChI=1S/C44H30N2/c1-2-18-33(19-3-1)45(39-28-14-17-31-15-4-6-20-34(31)39)42-27-13-10-24-38(42)44-35-21-7-5-16-32(35)29-30-43(44)46-40-25-11-8-22-36(40)37-23-9-12-26-41(37)46/h1-30H. The molecule has 0 radical (unpaired) electrons. The van der Waals surface area contributed by atoms with E-state index in [1.807, 2.05) is 0 Å². The molecule has 0 bridgehead atoms. The summed E-state index contributed by atoms with van der Waals surface area (Å²) in [7, 11) is 0. The van der Waals surface area contributed by atoms with E-state index in [-0.39, 0.29) is 0 Å². The van der Waals surface area contributed by atoms with E-state index in [1.54, 1.807) is 0 Å². The molecule has 0 saturated heterocycles. The van der Waals surface area contributed by atoms with Crippen LogP contribution in [0.25, 0.3) is 60.2 Å². The number of para-hydroxylation sites is 4. The molecule has 0 N–H and O–H groups in total. The number of rotatable bonds is 5. The van der Waals surface area contributed by atoms with Crippen molar-refractivity contribution >= 4 is 60.4 Å². The molecule has 216 valence electrons. The molecular formula is C44H30N2. The summed E-state index contributed by atoms with van der Waals surface area (Å²) in [5, 5.41) is 7.38. The quantitative estimate of drug-likeness (QED) is 0.195. The van der Waals surface area contributed by atoms with Crippen LogP contribution in [0.2, 0.25) is 0 Å². The van der Waals surface area contributed by atoms with Crippen molar-refractivity contribution in [2.24, 2.45) is 0 Å². The van der Waals surface area contributed by atoms with Crippen LogP contribution in [0.4, 0.5) is 17.1 Å². The van der Waals surface area contributed by atoms with Gasteiger partial charge in [0, 0.05) is 33.0 Å². The number of hydrogen-bond acceptors (Lipinski definition) is 1. The third-order valence-corrected chi connectivity index (χ3v) is 9.16. The average Bonchev–Trinajstić information content (AvgIpc) is 3.46. The van der Waals surface area contributed by atoms with Crippen molar-refractivity contribution < 1.29 is 0 Å². The van der Waals surface area contributed by atoms with Crippen molar-refractivity contribution in [3.63, 3.8) is 0 Å². The van der Waals surface area contributed by atoms with Gasteiger partial charge in [0.15, 0.2) is 0 Å². The molecule has 2 heteroatoms. The summed E-state index contributed by atoms with van der Waals surface area (Å²) in [5.74, 6) is 0. The molecule has 0 aliphatic carbocycles. The lowest BCUT2D eigenvalue weighted by Gasteiger charge is -2.30. The molecule has 0 fully saturated rings. The first kappa shape index (κ1) is 26.3. The van der Waals surface area contributed by atoms with Crippen LogP contribution >= 0.6 is 0 Å². The predicted octanol–water partition coefficient (Wildman–Crippen LogP) is 12.2. The van der Waals surface area contributed by atoms with Crippen molar-refractivity contribution in [1.82, 2.24) is 4.57 Å². The van der Waals surface area contributed by atoms with E-state index >= 15 is 0 Å². The molecule has 46 heavy (non-hydrogen) atoms. The van der Waals surface area contributed by atoms with Gasteiger partial charge in [-0.1, -0.05) is 140 Å². The van der Waals surface area contributed by atoms with E-state index in [1.165, 1.54) is 54.5 Å². The van der Waals surface area contributed by atoms with Gasteiger partial charge in [-0.3, -0.25) is 0 Å². The Morgan fingerprint density at radius 3 is 1.61 bits per heavy atom. The maximum atomic E-state index is 2.45. The molecule has 9 rings (SSSR count). The number of benzene rings is 8. The largest absolute Gasteiger partial charge is 0.309 e. The normalized spacial score (nSPS) is 11.5. The first-order valence-corrected chi connectivity index (χ1v) is 15.8. The van der Waals surface area contributed by atoms with Crippen LogP contribution in [0.3, 0.4) is 0 Å². The van der Waals surface area contributed by atoms with Gasteiger partial charge >= 0.3 is 0 Å². The van der Waals surface area contributed by atoms with Gasteiger partial charge in [-0.25, -0.2) is 0 Å². The third kappa shape index (κ3) is 4.12. The van der Waals surface area contributed by atoms with Crippen molar-refractivity contribution in [3.8, 4) is 16.8 Å². The highest BCUT2D eigenvalue weighted by Gasteiger charge is 2.23. The summed E-state index contributed by atoms with van der Waals surface area (Å²) in [6.45, 7) is 0. The molecule has 0 aliphatic heterocycles. The van der Waals surface area contributed by atoms with Gasteiger partial charge in [0.05, 0.1) is 28.1 Å². The Bertz CT molecular complexity index is 2480. The Morgan fingerprint density at radius 2 is 0.870 bits per heavy atom. The molecule has 1 heterocycles. The van der Waals surface area contributed by atoms with Crippen molar-refractivity contribution in [3.05, 3.63) is 182 Å². The minimum atomic E-state index is 1.12. The zero-order valence-electron chi connectivity index (χ0n) is 25.2. The fraction of sp³-hybridized carbons (Fsp3) is 0. The number of aromatic nitrogens is 1. The number of anilines is 3. The summed E-state index contributed by atoms with van der Waals surface area (Å²) in [6, 6.07) is 65.7. The lowest BCUT2D eigenvalue weighted by atomic mass is 9.93. The van der Waals surface area contributed by atoms with Gasteiger partial charge in [-0.2, -0.15) is 0 Å². The van der Waals surface area contributed by atoms with Gasteiger partial charge in [-0.05, 0) is 58.6 Å². The van der Waals surface area contributed by atoms with E-state index in [9.17, 15) is 0 Å². The topological polar surface area (TPSA) is 8.17 Å². The van der Waals surface area contributed by atoms with E-state index in [0.29, 0.717) is 0 Å². The first-order valence-electron chi connectivity index (χ1n) is 15.8. The highest BCUT2D eigenvalue weighted by atomic mass is 15.1. The number of hydrogen-bond donors (Lipinski definition) is 0. The predicted molar refractivity (Wildman–Crippen MR) is 196 cm³/mol. The summed E-state index contributed by atoms with van der Waals surface area (Å²) < 4.78 is 2.45. The Morgan fingerprint density at radius 1 is 0.348 bits per heavy atom. The average molecular weight is 587 g/mol. The van der Waals surface area contributed by atoms with Gasteiger partial charge in [0.1, 0.15) is 0 Å². The van der Waals surface area contributed by atoms with Crippen LogP contribution in [0.1, 0.15) is 0 Å². The monoisotopic (exact) mass is 586 g/mol. The van der Waals surface area contributed by atoms with Gasteiger partial charge in [-0.15, -0.1) is 0 Å². The Labute approximate surface area is 268 Å². The second-order valence-electron chi connectivity index (χ2n) is 11.7. The maximum Gasteiger partial charge on any atom is 0.0547 e. The molecule has 0 aliphatic rings. The van der Waals surface area contributed by atoms with E-state index in [2.05, 4.69) is 191 Å². The molecule has 1 aromatic heterocycles. The molecule has 0 saturated carbocycles. The lowest BCUT2D eigenvalue weighted by molar-refractivity contribution is 1.18. The van der Waals surface area contributed by atoms with Crippen LogP contribution in [-0.2, 0) is 0 Å². The zero-order chi connectivity index (χ0) is 30.5. The third-order valence-electron chi connectivity index (χ3n) is 9.16. The van der Waals surface area contributed by atoms with Crippen molar-refractivity contribution in [2.75, 3.05) is 4.90 Å². The van der Waals surface area contributed by atoms with Crippen LogP contribution in [0, 0.1) is 0 Å². The van der Waals surface area contributed by atoms with Crippen LogP contribution in [0.15, 0.2) is 182 Å². The van der Waals surface area contributed by atoms with E-state index < -0.39 is 0 Å². The summed E-state index contributed by atoms with van der Waals surface area (Å²) >= 11 is 0. The van der Waals surface area contributed by atoms with Gasteiger partial charge in [0.25, 0.3) is 0 Å². The van der Waals surface area contributed by atoms with E-state index in [0.717, 1.165) is 22.7 Å². The van der Waals surface area contributed by atoms with Crippen molar-refractivity contribution in [2.45, 2.75) is 0 Å². The number of nitrogens with zero attached hydrogens (tertiary/aromatic N) is 2. The SMILES string of the molecule is c1ccc(N(c2ccccc2-c2c(-n3c4ccccc4c4ccccc43)ccc3ccccc23)c2cccc3ccccc23)cc1. The smallest absolute Gasteiger partial charge is 0.0547 e. The Hall–Kier alpha value is -6.12. The van der Waals surface area contributed by atoms with Gasteiger partial charge < -0.3 is 9.47 Å². The highest BCUT2D eigenvalue weighted by Crippen LogP contribution is 2.47. The summed E-state index contributed by atoms with van der Waals surface area (Å²) in [4.78, 5) is 2.43. The second-order valence-corrected chi connectivity index (χ2v) is 11.7. The Balaban J connectivity index is 1.41. The molecule has 9 aromatic rings. The molecule has 8 aromatic carbocycles. The Kier molecular flexibility index (Phi) is 6.17. The minimum absolute atomic E-state index is 1.12. The minimum Gasteiger partial charge on any atom is -0.309 e. The maximum absolute atomic E-state index is 2.45. The highest BCUT2D eigenvalue weighted by molar-refractivity contribution is 6.12. The first-order chi connectivity index (χ1) is 22.9. The molecule has 0 unspecified atom stereocenters. The number of fused-ring (bicyclic) bond motifs is 5. The van der Waals surface area contributed by atoms with E-state index in [4.69, 9.17) is 0 Å².